The zero-order valence-corrected chi connectivity index (χ0v) is 14.9. The van der Waals surface area contributed by atoms with Crippen LogP contribution in [0.25, 0.3) is 0 Å². The molecule has 6 heteroatoms. The summed E-state index contributed by atoms with van der Waals surface area (Å²) in [4.78, 5) is 27.9. The summed E-state index contributed by atoms with van der Waals surface area (Å²) in [6.45, 7) is 5.30. The Morgan fingerprint density at radius 2 is 1.80 bits per heavy atom. The lowest BCUT2D eigenvalue weighted by molar-refractivity contribution is -0.123. The molecule has 6 nitrogen and oxygen atoms in total. The molecule has 2 atom stereocenters. The number of likely N-dealkylation sites (tertiary alicyclic amines) is 2. The molecule has 0 radical (unpaired) electrons. The van der Waals surface area contributed by atoms with E-state index in [1.165, 1.54) is 5.56 Å². The number of hydrogen-bond acceptors (Lipinski definition) is 3. The molecule has 2 aliphatic rings. The van der Waals surface area contributed by atoms with Gasteiger partial charge in [-0.2, -0.15) is 0 Å². The van der Waals surface area contributed by atoms with Crippen molar-refractivity contribution in [3.05, 3.63) is 35.9 Å². The average molecular weight is 344 g/mol. The van der Waals surface area contributed by atoms with Crippen molar-refractivity contribution in [1.29, 1.82) is 0 Å². The number of rotatable bonds is 4. The molecule has 3 rings (SSSR count). The minimum atomic E-state index is -0.249. The van der Waals surface area contributed by atoms with Crippen LogP contribution in [0.4, 0.5) is 4.79 Å². The van der Waals surface area contributed by atoms with Crippen LogP contribution in [0, 0.1) is 5.92 Å². The first kappa shape index (κ1) is 17.7. The molecule has 0 aliphatic carbocycles. The number of nitrogens with one attached hydrogen (secondary N) is 1. The zero-order valence-electron chi connectivity index (χ0n) is 14.9. The van der Waals surface area contributed by atoms with Gasteiger partial charge in [-0.15, -0.1) is 0 Å². The summed E-state index contributed by atoms with van der Waals surface area (Å²) in [5.74, 6) is -0.334. The minimum absolute atomic E-state index is 0.0119. The van der Waals surface area contributed by atoms with Crippen LogP contribution in [0.3, 0.4) is 0 Å². The number of primary amides is 1. The molecule has 2 saturated heterocycles. The number of nitrogens with zero attached hydrogens (tertiary/aromatic N) is 2. The maximum Gasteiger partial charge on any atom is 0.317 e. The Bertz CT molecular complexity index is 599. The van der Waals surface area contributed by atoms with Gasteiger partial charge in [0.05, 0.1) is 0 Å². The highest BCUT2D eigenvalue weighted by Gasteiger charge is 2.30. The number of benzene rings is 1. The molecule has 1 aromatic rings. The van der Waals surface area contributed by atoms with E-state index >= 15 is 0 Å². The predicted molar refractivity (Wildman–Crippen MR) is 96.9 cm³/mol. The first-order chi connectivity index (χ1) is 12.0. The van der Waals surface area contributed by atoms with Crippen molar-refractivity contribution in [2.45, 2.75) is 38.3 Å². The van der Waals surface area contributed by atoms with Gasteiger partial charge in [0, 0.05) is 44.2 Å². The molecule has 2 heterocycles. The molecule has 1 aromatic carbocycles. The van der Waals surface area contributed by atoms with Crippen molar-refractivity contribution in [3.8, 4) is 0 Å². The largest absolute Gasteiger partial charge is 0.369 e. The van der Waals surface area contributed by atoms with E-state index in [1.807, 2.05) is 11.0 Å². The third kappa shape index (κ3) is 4.31. The van der Waals surface area contributed by atoms with Gasteiger partial charge in [0.15, 0.2) is 0 Å². The molecule has 0 bridgehead atoms. The quantitative estimate of drug-likeness (QED) is 0.873. The fourth-order valence-corrected chi connectivity index (χ4v) is 3.83. The summed E-state index contributed by atoms with van der Waals surface area (Å²) in [5.41, 5.74) is 6.66. The Labute approximate surface area is 149 Å². The van der Waals surface area contributed by atoms with E-state index in [0.29, 0.717) is 32.0 Å². The SMILES string of the molecule is C[C@H](c1ccccc1)N1CC[C@H](NC(=O)N2CCC(C(N)=O)CC2)C1. The van der Waals surface area contributed by atoms with E-state index in [4.69, 9.17) is 5.73 Å². The normalized spacial score (nSPS) is 23.4. The predicted octanol–water partition coefficient (Wildman–Crippen LogP) is 1.73. The Morgan fingerprint density at radius 1 is 1.12 bits per heavy atom. The van der Waals surface area contributed by atoms with E-state index in [1.54, 1.807) is 0 Å². The van der Waals surface area contributed by atoms with Gasteiger partial charge in [0.25, 0.3) is 0 Å². The van der Waals surface area contributed by atoms with Gasteiger partial charge in [0.2, 0.25) is 5.91 Å². The lowest BCUT2D eigenvalue weighted by Gasteiger charge is -2.31. The molecular formula is C19H28N4O2. The topological polar surface area (TPSA) is 78.7 Å². The van der Waals surface area contributed by atoms with Crippen LogP contribution >= 0.6 is 0 Å². The van der Waals surface area contributed by atoms with Gasteiger partial charge in [-0.1, -0.05) is 30.3 Å². The lowest BCUT2D eigenvalue weighted by Crippen LogP contribution is -2.49. The highest BCUT2D eigenvalue weighted by Crippen LogP contribution is 2.24. The average Bonchev–Trinajstić information content (AvgIpc) is 3.10. The van der Waals surface area contributed by atoms with Crippen LogP contribution in [-0.4, -0.2) is 54.0 Å². The molecule has 3 N–H and O–H groups in total. The van der Waals surface area contributed by atoms with Crippen LogP contribution in [0.5, 0.6) is 0 Å². The van der Waals surface area contributed by atoms with E-state index < -0.39 is 0 Å². The monoisotopic (exact) mass is 344 g/mol. The van der Waals surface area contributed by atoms with E-state index in [0.717, 1.165) is 19.5 Å². The molecule has 25 heavy (non-hydrogen) atoms. The number of amides is 3. The first-order valence-electron chi connectivity index (χ1n) is 9.18. The summed E-state index contributed by atoms with van der Waals surface area (Å²) in [7, 11) is 0. The summed E-state index contributed by atoms with van der Waals surface area (Å²) >= 11 is 0. The summed E-state index contributed by atoms with van der Waals surface area (Å²) < 4.78 is 0. The third-order valence-electron chi connectivity index (χ3n) is 5.56. The molecule has 0 aromatic heterocycles. The van der Waals surface area contributed by atoms with Crippen LogP contribution in [0.2, 0.25) is 0 Å². The fraction of sp³-hybridized carbons (Fsp3) is 0.579. The Hall–Kier alpha value is -2.08. The van der Waals surface area contributed by atoms with Crippen molar-refractivity contribution < 1.29 is 9.59 Å². The van der Waals surface area contributed by atoms with Gasteiger partial charge < -0.3 is 16.0 Å². The van der Waals surface area contributed by atoms with Crippen molar-refractivity contribution in [1.82, 2.24) is 15.1 Å². The first-order valence-corrected chi connectivity index (χ1v) is 9.18. The van der Waals surface area contributed by atoms with Crippen molar-refractivity contribution in [2.24, 2.45) is 11.7 Å². The minimum Gasteiger partial charge on any atom is -0.369 e. The van der Waals surface area contributed by atoms with Crippen LogP contribution in [0.15, 0.2) is 30.3 Å². The molecule has 0 unspecified atom stereocenters. The highest BCUT2D eigenvalue weighted by molar-refractivity contribution is 5.78. The Morgan fingerprint density at radius 3 is 2.44 bits per heavy atom. The second kappa shape index (κ2) is 7.87. The molecule has 0 saturated carbocycles. The summed E-state index contributed by atoms with van der Waals surface area (Å²) in [6, 6.07) is 11.0. The summed E-state index contributed by atoms with van der Waals surface area (Å²) in [5, 5.41) is 3.16. The smallest absolute Gasteiger partial charge is 0.317 e. The van der Waals surface area contributed by atoms with Crippen molar-refractivity contribution >= 4 is 11.9 Å². The van der Waals surface area contributed by atoms with E-state index in [9.17, 15) is 9.59 Å². The molecule has 136 valence electrons. The third-order valence-corrected chi connectivity index (χ3v) is 5.56. The number of hydrogen-bond donors (Lipinski definition) is 2. The second-order valence-electron chi connectivity index (χ2n) is 7.18. The number of nitrogens with two attached hydrogens (primary N) is 1. The van der Waals surface area contributed by atoms with E-state index in [-0.39, 0.29) is 23.9 Å². The Kier molecular flexibility index (Phi) is 5.58. The molecule has 0 spiro atoms. The molecule has 2 fully saturated rings. The maximum absolute atomic E-state index is 12.5. The highest BCUT2D eigenvalue weighted by atomic mass is 16.2. The standard InChI is InChI=1S/C19H28N4O2/c1-14(15-5-3-2-4-6-15)23-12-9-17(13-23)21-19(25)22-10-7-16(8-11-22)18(20)24/h2-6,14,16-17H,7-13H2,1H3,(H2,20,24)(H,21,25)/t14-,17+/m1/s1. The van der Waals surface area contributed by atoms with Gasteiger partial charge >= 0.3 is 6.03 Å². The molecule has 2 aliphatic heterocycles. The van der Waals surface area contributed by atoms with Gasteiger partial charge in [-0.05, 0) is 31.7 Å². The zero-order chi connectivity index (χ0) is 17.8. The number of carbonyl (C=O) groups is 2. The van der Waals surface area contributed by atoms with Gasteiger partial charge in [-0.3, -0.25) is 9.69 Å². The van der Waals surface area contributed by atoms with Crippen molar-refractivity contribution in [2.75, 3.05) is 26.2 Å². The molecular weight excluding hydrogens is 316 g/mol. The molecule has 3 amide bonds. The number of piperidine rings is 1. The van der Waals surface area contributed by atoms with Crippen molar-refractivity contribution in [3.63, 3.8) is 0 Å². The number of carbonyl (C=O) groups excluding carboxylic acids is 2. The van der Waals surface area contributed by atoms with E-state index in [2.05, 4.69) is 41.4 Å². The second-order valence-corrected chi connectivity index (χ2v) is 7.18. The summed E-state index contributed by atoms with van der Waals surface area (Å²) in [6.07, 6.45) is 2.32. The number of urea groups is 1. The fourth-order valence-electron chi connectivity index (χ4n) is 3.83. The van der Waals surface area contributed by atoms with Crippen LogP contribution in [-0.2, 0) is 4.79 Å². The Balaban J connectivity index is 1.47. The maximum atomic E-state index is 12.5. The lowest BCUT2D eigenvalue weighted by atomic mass is 9.96. The van der Waals surface area contributed by atoms with Gasteiger partial charge in [0.1, 0.15) is 0 Å². The van der Waals surface area contributed by atoms with Crippen LogP contribution in [0.1, 0.15) is 37.8 Å². The van der Waals surface area contributed by atoms with Crippen LogP contribution < -0.4 is 11.1 Å². The van der Waals surface area contributed by atoms with Gasteiger partial charge in [-0.25, -0.2) is 4.79 Å².